The second kappa shape index (κ2) is 9.01. The molecule has 11 heteroatoms. The third-order valence-corrected chi connectivity index (χ3v) is 7.52. The van der Waals surface area contributed by atoms with Gasteiger partial charge in [0.1, 0.15) is 10.4 Å². The van der Waals surface area contributed by atoms with Crippen molar-refractivity contribution in [1.82, 2.24) is 14.9 Å². The fourth-order valence-corrected chi connectivity index (χ4v) is 5.35. The van der Waals surface area contributed by atoms with E-state index in [9.17, 15) is 18.0 Å². The van der Waals surface area contributed by atoms with E-state index in [0.29, 0.717) is 5.02 Å². The normalized spacial score (nSPS) is 17.4. The maximum atomic E-state index is 12.6. The number of rotatable bonds is 6. The SMILES string of the molecule is O=C(NCc1ccc(Cl)cc1)C(=O)NC[C@H]1OCCN1S(=O)(=O)c1cccs1. The molecule has 3 rings (SSSR count). The Balaban J connectivity index is 1.51. The van der Waals surface area contributed by atoms with Crippen molar-refractivity contribution in [3.63, 3.8) is 0 Å². The number of thiophene rings is 1. The summed E-state index contributed by atoms with van der Waals surface area (Å²) in [6, 6.07) is 10.0. The number of nitrogens with one attached hydrogen (secondary N) is 2. The summed E-state index contributed by atoms with van der Waals surface area (Å²) in [5, 5.41) is 7.16. The van der Waals surface area contributed by atoms with Crippen molar-refractivity contribution in [1.29, 1.82) is 0 Å². The minimum atomic E-state index is -3.70. The predicted octanol–water partition coefficient (Wildman–Crippen LogP) is 1.18. The highest BCUT2D eigenvalue weighted by molar-refractivity contribution is 7.91. The average molecular weight is 444 g/mol. The summed E-state index contributed by atoms with van der Waals surface area (Å²) in [5.41, 5.74) is 0.790. The Labute approximate surface area is 171 Å². The molecule has 0 unspecified atom stereocenters. The van der Waals surface area contributed by atoms with Crippen molar-refractivity contribution in [2.24, 2.45) is 0 Å². The van der Waals surface area contributed by atoms with Gasteiger partial charge >= 0.3 is 11.8 Å². The molecule has 0 aliphatic carbocycles. The number of carbonyl (C=O) groups is 2. The highest BCUT2D eigenvalue weighted by Crippen LogP contribution is 2.25. The Morgan fingerprint density at radius 1 is 1.18 bits per heavy atom. The molecule has 0 spiro atoms. The van der Waals surface area contributed by atoms with Crippen LogP contribution >= 0.6 is 22.9 Å². The zero-order valence-corrected chi connectivity index (χ0v) is 17.0. The Bertz CT molecular complexity index is 932. The van der Waals surface area contributed by atoms with Gasteiger partial charge in [-0.2, -0.15) is 4.31 Å². The van der Waals surface area contributed by atoms with Crippen LogP contribution < -0.4 is 10.6 Å². The van der Waals surface area contributed by atoms with Gasteiger partial charge in [0, 0.05) is 18.1 Å². The molecule has 1 aromatic heterocycles. The van der Waals surface area contributed by atoms with E-state index in [1.807, 2.05) is 0 Å². The van der Waals surface area contributed by atoms with Crippen molar-refractivity contribution < 1.29 is 22.7 Å². The van der Waals surface area contributed by atoms with Crippen molar-refractivity contribution in [2.45, 2.75) is 17.0 Å². The first-order valence-electron chi connectivity index (χ1n) is 8.35. The van der Waals surface area contributed by atoms with Crippen molar-refractivity contribution in [3.8, 4) is 0 Å². The van der Waals surface area contributed by atoms with Gasteiger partial charge in [-0.15, -0.1) is 11.3 Å². The molecule has 1 atom stereocenters. The number of hydrogen-bond acceptors (Lipinski definition) is 6. The second-order valence-electron chi connectivity index (χ2n) is 5.89. The Morgan fingerprint density at radius 3 is 2.57 bits per heavy atom. The maximum Gasteiger partial charge on any atom is 0.309 e. The van der Waals surface area contributed by atoms with Crippen molar-refractivity contribution in [2.75, 3.05) is 19.7 Å². The summed E-state index contributed by atoms with van der Waals surface area (Å²) < 4.78 is 32.0. The number of halogens is 1. The Hall–Kier alpha value is -1.98. The average Bonchev–Trinajstić information content (AvgIpc) is 3.37. The molecule has 1 aliphatic rings. The van der Waals surface area contributed by atoms with Crippen LogP contribution in [0.15, 0.2) is 46.0 Å². The molecule has 2 aromatic rings. The topological polar surface area (TPSA) is 105 Å². The van der Waals surface area contributed by atoms with E-state index in [4.69, 9.17) is 16.3 Å². The lowest BCUT2D eigenvalue weighted by atomic mass is 10.2. The third kappa shape index (κ3) is 4.89. The highest BCUT2D eigenvalue weighted by atomic mass is 35.5. The largest absolute Gasteiger partial charge is 0.359 e. The number of nitrogens with zero attached hydrogens (tertiary/aromatic N) is 1. The monoisotopic (exact) mass is 443 g/mol. The first kappa shape index (κ1) is 20.7. The first-order valence-corrected chi connectivity index (χ1v) is 11.0. The van der Waals surface area contributed by atoms with E-state index >= 15 is 0 Å². The van der Waals surface area contributed by atoms with Crippen LogP contribution in [0.25, 0.3) is 0 Å². The van der Waals surface area contributed by atoms with Crippen molar-refractivity contribution >= 4 is 44.8 Å². The van der Waals surface area contributed by atoms with Gasteiger partial charge in [-0.3, -0.25) is 9.59 Å². The molecular weight excluding hydrogens is 426 g/mol. The fourth-order valence-electron chi connectivity index (χ4n) is 2.59. The maximum absolute atomic E-state index is 12.6. The summed E-state index contributed by atoms with van der Waals surface area (Å²) >= 11 is 6.90. The van der Waals surface area contributed by atoms with Gasteiger partial charge in [-0.25, -0.2) is 8.42 Å². The molecule has 1 aliphatic heterocycles. The van der Waals surface area contributed by atoms with Gasteiger partial charge < -0.3 is 15.4 Å². The summed E-state index contributed by atoms with van der Waals surface area (Å²) in [4.78, 5) is 23.9. The second-order valence-corrected chi connectivity index (χ2v) is 9.39. The van der Waals surface area contributed by atoms with Gasteiger partial charge in [-0.1, -0.05) is 29.8 Å². The molecule has 0 bridgehead atoms. The summed E-state index contributed by atoms with van der Waals surface area (Å²) in [5.74, 6) is -1.68. The molecule has 2 amide bonds. The number of ether oxygens (including phenoxy) is 1. The van der Waals surface area contributed by atoms with Crippen LogP contribution in [0, 0.1) is 0 Å². The van der Waals surface area contributed by atoms with E-state index in [0.717, 1.165) is 16.9 Å². The number of benzene rings is 1. The smallest absolute Gasteiger partial charge is 0.309 e. The Kier molecular flexibility index (Phi) is 6.68. The molecule has 0 saturated carbocycles. The summed E-state index contributed by atoms with van der Waals surface area (Å²) in [7, 11) is -3.70. The zero-order valence-electron chi connectivity index (χ0n) is 14.6. The zero-order chi connectivity index (χ0) is 20.1. The van der Waals surface area contributed by atoms with Crippen LogP contribution in [-0.4, -0.2) is 50.5 Å². The van der Waals surface area contributed by atoms with Crippen LogP contribution in [0.4, 0.5) is 0 Å². The molecule has 150 valence electrons. The molecule has 28 heavy (non-hydrogen) atoms. The lowest BCUT2D eigenvalue weighted by Gasteiger charge is -2.22. The van der Waals surface area contributed by atoms with E-state index in [1.54, 1.807) is 35.7 Å². The summed E-state index contributed by atoms with van der Waals surface area (Å²) in [6.07, 6.45) is -0.861. The molecule has 8 nitrogen and oxygen atoms in total. The van der Waals surface area contributed by atoms with Crippen molar-refractivity contribution in [3.05, 3.63) is 52.4 Å². The highest BCUT2D eigenvalue weighted by Gasteiger charge is 2.37. The van der Waals surface area contributed by atoms with Gasteiger partial charge in [-0.05, 0) is 29.1 Å². The van der Waals surface area contributed by atoms with Crippen LogP contribution in [-0.2, 0) is 30.9 Å². The third-order valence-electron chi connectivity index (χ3n) is 4.01. The lowest BCUT2D eigenvalue weighted by molar-refractivity contribution is -0.139. The summed E-state index contributed by atoms with van der Waals surface area (Å²) in [6.45, 7) is 0.442. The van der Waals surface area contributed by atoms with Gasteiger partial charge in [0.2, 0.25) is 0 Å². The lowest BCUT2D eigenvalue weighted by Crippen LogP contribution is -2.47. The predicted molar refractivity (Wildman–Crippen MR) is 104 cm³/mol. The first-order chi connectivity index (χ1) is 13.4. The number of hydrogen-bond donors (Lipinski definition) is 2. The quantitative estimate of drug-likeness (QED) is 0.652. The van der Waals surface area contributed by atoms with Crippen LogP contribution in [0.1, 0.15) is 5.56 Å². The molecule has 1 fully saturated rings. The van der Waals surface area contributed by atoms with Gasteiger partial charge in [0.05, 0.1) is 13.2 Å². The minimum Gasteiger partial charge on any atom is -0.359 e. The van der Waals surface area contributed by atoms with E-state index in [1.165, 1.54) is 10.4 Å². The van der Waals surface area contributed by atoms with Crippen LogP contribution in [0.5, 0.6) is 0 Å². The Morgan fingerprint density at radius 2 is 1.89 bits per heavy atom. The molecular formula is C17H18ClN3O5S2. The molecule has 2 heterocycles. The fraction of sp³-hybridized carbons (Fsp3) is 0.294. The van der Waals surface area contributed by atoms with Crippen LogP contribution in [0.3, 0.4) is 0 Å². The number of carbonyl (C=O) groups excluding carboxylic acids is 2. The van der Waals surface area contributed by atoms with Crippen LogP contribution in [0.2, 0.25) is 5.02 Å². The molecule has 1 aromatic carbocycles. The van der Waals surface area contributed by atoms with E-state index < -0.39 is 28.1 Å². The molecule has 1 saturated heterocycles. The van der Waals surface area contributed by atoms with E-state index in [-0.39, 0.29) is 30.5 Å². The van der Waals surface area contributed by atoms with E-state index in [2.05, 4.69) is 10.6 Å². The minimum absolute atomic E-state index is 0.127. The standard InChI is InChI=1S/C17H18ClN3O5S2/c18-13-5-3-12(4-6-13)10-19-16(22)17(23)20-11-14-21(7-8-26-14)28(24,25)15-2-1-9-27-15/h1-6,9,14H,7-8,10-11H2,(H,19,22)(H,20,23)/t14-/m1/s1. The van der Waals surface area contributed by atoms with Gasteiger partial charge in [0.25, 0.3) is 10.0 Å². The van der Waals surface area contributed by atoms with Gasteiger partial charge in [0.15, 0.2) is 0 Å². The number of sulfonamides is 1. The molecule has 2 N–H and O–H groups in total. The number of amides is 2. The molecule has 0 radical (unpaired) electrons.